The van der Waals surface area contributed by atoms with E-state index in [-0.39, 0.29) is 17.8 Å². The molecule has 0 bridgehead atoms. The number of esters is 1. The first-order chi connectivity index (χ1) is 11.2. The number of hydrogen-bond acceptors (Lipinski definition) is 3. The van der Waals surface area contributed by atoms with Crippen molar-refractivity contribution in [3.8, 4) is 5.75 Å². The van der Waals surface area contributed by atoms with Gasteiger partial charge >= 0.3 is 5.97 Å². The maximum absolute atomic E-state index is 11.9. The van der Waals surface area contributed by atoms with Crippen molar-refractivity contribution in [2.75, 3.05) is 6.61 Å². The van der Waals surface area contributed by atoms with Crippen molar-refractivity contribution < 1.29 is 14.6 Å². The zero-order chi connectivity index (χ0) is 16.2. The van der Waals surface area contributed by atoms with E-state index in [2.05, 4.69) is 12.1 Å². The van der Waals surface area contributed by atoms with Gasteiger partial charge in [-0.2, -0.15) is 0 Å². The van der Waals surface area contributed by atoms with Crippen molar-refractivity contribution in [3.05, 3.63) is 65.2 Å². The third kappa shape index (κ3) is 3.55. The molecule has 3 rings (SSSR count). The Morgan fingerprint density at radius 1 is 1.22 bits per heavy atom. The zero-order valence-corrected chi connectivity index (χ0v) is 13.4. The number of hydrogen-bond donors (Lipinski definition) is 1. The van der Waals surface area contributed by atoms with Crippen LogP contribution in [0.1, 0.15) is 36.0 Å². The van der Waals surface area contributed by atoms with Crippen LogP contribution in [0.15, 0.2) is 48.5 Å². The van der Waals surface area contributed by atoms with Gasteiger partial charge < -0.3 is 9.84 Å². The van der Waals surface area contributed by atoms with Gasteiger partial charge in [-0.05, 0) is 60.4 Å². The fourth-order valence-corrected chi connectivity index (χ4v) is 3.59. The second kappa shape index (κ2) is 6.86. The second-order valence-electron chi connectivity index (χ2n) is 6.15. The Kier molecular flexibility index (Phi) is 4.65. The molecule has 2 aromatic carbocycles. The summed E-state index contributed by atoms with van der Waals surface area (Å²) in [6, 6.07) is 15.9. The minimum Gasteiger partial charge on any atom is -0.508 e. The summed E-state index contributed by atoms with van der Waals surface area (Å²) in [5, 5.41) is 9.84. The van der Waals surface area contributed by atoms with E-state index in [1.54, 1.807) is 6.07 Å². The van der Waals surface area contributed by atoms with Crippen LogP contribution in [0.5, 0.6) is 5.75 Å². The van der Waals surface area contributed by atoms with Crippen LogP contribution in [0, 0.1) is 5.92 Å². The van der Waals surface area contributed by atoms with Crippen LogP contribution in [0.25, 0.3) is 0 Å². The van der Waals surface area contributed by atoms with Gasteiger partial charge in [-0.1, -0.05) is 36.4 Å². The fourth-order valence-electron chi connectivity index (χ4n) is 3.59. The highest BCUT2D eigenvalue weighted by atomic mass is 16.5. The lowest BCUT2D eigenvalue weighted by Crippen LogP contribution is -2.17. The van der Waals surface area contributed by atoms with E-state index in [1.807, 2.05) is 37.3 Å². The Hall–Kier alpha value is -2.29. The number of fused-ring (bicyclic) bond motifs is 1. The molecular formula is C20H22O3. The van der Waals surface area contributed by atoms with E-state index < -0.39 is 0 Å². The van der Waals surface area contributed by atoms with Gasteiger partial charge in [0, 0.05) is 6.42 Å². The fraction of sp³-hybridized carbons (Fsp3) is 0.350. The lowest BCUT2D eigenvalue weighted by Gasteiger charge is -2.20. The van der Waals surface area contributed by atoms with Crippen molar-refractivity contribution in [3.63, 3.8) is 0 Å². The summed E-state index contributed by atoms with van der Waals surface area (Å²) in [5.74, 6) is 0.626. The average molecular weight is 310 g/mol. The Balaban J connectivity index is 1.86. The summed E-state index contributed by atoms with van der Waals surface area (Å²) in [5.41, 5.74) is 3.66. The lowest BCUT2D eigenvalue weighted by atomic mass is 9.85. The molecule has 2 unspecified atom stereocenters. The van der Waals surface area contributed by atoms with E-state index in [0.29, 0.717) is 18.8 Å². The quantitative estimate of drug-likeness (QED) is 0.853. The molecule has 0 spiro atoms. The van der Waals surface area contributed by atoms with Gasteiger partial charge in [0.05, 0.1) is 6.61 Å². The summed E-state index contributed by atoms with van der Waals surface area (Å²) in [4.78, 5) is 11.9. The number of rotatable bonds is 5. The maximum Gasteiger partial charge on any atom is 0.306 e. The van der Waals surface area contributed by atoms with Crippen molar-refractivity contribution in [1.82, 2.24) is 0 Å². The molecule has 23 heavy (non-hydrogen) atoms. The maximum atomic E-state index is 11.9. The van der Waals surface area contributed by atoms with Gasteiger partial charge in [-0.3, -0.25) is 4.79 Å². The van der Waals surface area contributed by atoms with E-state index in [9.17, 15) is 9.90 Å². The first-order valence-corrected chi connectivity index (χ1v) is 8.18. The molecule has 0 amide bonds. The molecule has 3 nitrogen and oxygen atoms in total. The van der Waals surface area contributed by atoms with E-state index in [0.717, 1.165) is 12.8 Å². The summed E-state index contributed by atoms with van der Waals surface area (Å²) in [6.45, 7) is 2.25. The molecule has 1 N–H and O–H groups in total. The van der Waals surface area contributed by atoms with Gasteiger partial charge in [0.2, 0.25) is 0 Å². The predicted octanol–water partition coefficient (Wildman–Crippen LogP) is 3.84. The molecule has 0 heterocycles. The normalized spacial score (nSPS) is 19.3. The highest BCUT2D eigenvalue weighted by Gasteiger charge is 2.34. The zero-order valence-electron chi connectivity index (χ0n) is 13.4. The second-order valence-corrected chi connectivity index (χ2v) is 6.15. The molecule has 0 aliphatic heterocycles. The van der Waals surface area contributed by atoms with Gasteiger partial charge in [-0.15, -0.1) is 0 Å². The summed E-state index contributed by atoms with van der Waals surface area (Å²) >= 11 is 0. The molecule has 0 saturated heterocycles. The number of carbonyl (C=O) groups excluding carboxylic acids is 1. The highest BCUT2D eigenvalue weighted by molar-refractivity contribution is 5.70. The monoisotopic (exact) mass is 310 g/mol. The van der Waals surface area contributed by atoms with Crippen LogP contribution >= 0.6 is 0 Å². The number of phenolic OH excluding ortho intramolecular Hbond substituents is 1. The Bertz CT molecular complexity index is 679. The number of carbonyl (C=O) groups is 1. The number of ether oxygens (including phenoxy) is 1. The van der Waals surface area contributed by atoms with Gasteiger partial charge in [0.15, 0.2) is 0 Å². The molecule has 3 heteroatoms. The average Bonchev–Trinajstić information content (AvgIpc) is 2.86. The minimum absolute atomic E-state index is 0.132. The van der Waals surface area contributed by atoms with Gasteiger partial charge in [0.1, 0.15) is 5.75 Å². The van der Waals surface area contributed by atoms with Crippen LogP contribution in [0.3, 0.4) is 0 Å². The Labute approximate surface area is 136 Å². The van der Waals surface area contributed by atoms with Crippen LogP contribution in [0.4, 0.5) is 0 Å². The van der Waals surface area contributed by atoms with Crippen LogP contribution < -0.4 is 0 Å². The summed E-state index contributed by atoms with van der Waals surface area (Å²) < 4.78 is 5.14. The first-order valence-electron chi connectivity index (χ1n) is 8.18. The molecule has 120 valence electrons. The Morgan fingerprint density at radius 3 is 2.74 bits per heavy atom. The number of phenols is 1. The Morgan fingerprint density at radius 2 is 2.00 bits per heavy atom. The molecule has 0 radical (unpaired) electrons. The molecule has 1 aliphatic rings. The van der Waals surface area contributed by atoms with E-state index >= 15 is 0 Å². The van der Waals surface area contributed by atoms with Crippen molar-refractivity contribution in [2.45, 2.75) is 32.1 Å². The smallest absolute Gasteiger partial charge is 0.306 e. The van der Waals surface area contributed by atoms with Crippen LogP contribution in [-0.2, 0) is 22.4 Å². The number of aromatic hydroxyl groups is 1. The number of benzene rings is 2. The molecule has 2 atom stereocenters. The first kappa shape index (κ1) is 15.6. The minimum atomic E-state index is -0.132. The topological polar surface area (TPSA) is 46.5 Å². The largest absolute Gasteiger partial charge is 0.508 e. The molecule has 0 aromatic heterocycles. The van der Waals surface area contributed by atoms with Gasteiger partial charge in [-0.25, -0.2) is 0 Å². The molecule has 1 aliphatic carbocycles. The van der Waals surface area contributed by atoms with E-state index in [1.165, 1.54) is 16.7 Å². The van der Waals surface area contributed by atoms with Crippen LogP contribution in [0.2, 0.25) is 0 Å². The summed E-state index contributed by atoms with van der Waals surface area (Å²) in [7, 11) is 0. The van der Waals surface area contributed by atoms with E-state index in [4.69, 9.17) is 4.74 Å². The highest BCUT2D eigenvalue weighted by Crippen LogP contribution is 2.43. The summed E-state index contributed by atoms with van der Waals surface area (Å²) in [6.07, 6.45) is 2.17. The van der Waals surface area contributed by atoms with Crippen molar-refractivity contribution >= 4 is 5.97 Å². The standard InChI is InChI=1S/C20H22O3/c1-2-23-20(22)12-16-11-15-8-9-17(21)13-19(15)18(16)10-14-6-4-3-5-7-14/h3-9,13,16,18,21H,2,10-12H2,1H3. The van der Waals surface area contributed by atoms with Crippen molar-refractivity contribution in [1.29, 1.82) is 0 Å². The van der Waals surface area contributed by atoms with Crippen molar-refractivity contribution in [2.24, 2.45) is 5.92 Å². The third-order valence-corrected chi connectivity index (χ3v) is 4.61. The molecular weight excluding hydrogens is 288 g/mol. The lowest BCUT2D eigenvalue weighted by molar-refractivity contribution is -0.144. The SMILES string of the molecule is CCOC(=O)CC1Cc2ccc(O)cc2C1Cc1ccccc1. The van der Waals surface area contributed by atoms with Crippen LogP contribution in [-0.4, -0.2) is 17.7 Å². The van der Waals surface area contributed by atoms with Gasteiger partial charge in [0.25, 0.3) is 0 Å². The molecule has 0 saturated carbocycles. The molecule has 0 fully saturated rings. The predicted molar refractivity (Wildman–Crippen MR) is 89.4 cm³/mol. The third-order valence-electron chi connectivity index (χ3n) is 4.61. The molecule has 2 aromatic rings.